The van der Waals surface area contributed by atoms with E-state index < -0.39 is 0 Å². The van der Waals surface area contributed by atoms with E-state index in [9.17, 15) is 0 Å². The van der Waals surface area contributed by atoms with Gasteiger partial charge >= 0.3 is 0 Å². The largest absolute Gasteiger partial charge is 0.316 e. The second-order valence-corrected chi connectivity index (χ2v) is 4.33. The number of aromatic amines is 1. The molecular weight excluding hydrogens is 178 g/mol. The van der Waals surface area contributed by atoms with Gasteiger partial charge in [-0.1, -0.05) is 0 Å². The minimum atomic E-state index is 0.863. The Hall–Kier alpha value is -0.940. The number of hydrogen-bond donors (Lipinski definition) is 2. The lowest BCUT2D eigenvalue weighted by Gasteiger charge is -2.14. The molecule has 0 aromatic carbocycles. The molecule has 5 nitrogen and oxygen atoms in total. The van der Waals surface area contributed by atoms with Gasteiger partial charge in [0, 0.05) is 19.6 Å². The second-order valence-electron chi connectivity index (χ2n) is 4.33. The summed E-state index contributed by atoms with van der Waals surface area (Å²) >= 11 is 0. The van der Waals surface area contributed by atoms with E-state index in [1.807, 2.05) is 6.20 Å². The van der Waals surface area contributed by atoms with Gasteiger partial charge in [0.15, 0.2) is 0 Å². The molecule has 3 heterocycles. The van der Waals surface area contributed by atoms with Crippen molar-refractivity contribution in [3.05, 3.63) is 11.9 Å². The summed E-state index contributed by atoms with van der Waals surface area (Å²) in [7, 11) is 0. The predicted molar refractivity (Wildman–Crippen MR) is 51.5 cm³/mol. The molecule has 0 bridgehead atoms. The van der Waals surface area contributed by atoms with Crippen LogP contribution in [0.3, 0.4) is 0 Å². The average Bonchev–Trinajstić information content (AvgIpc) is 2.78. The number of hydrogen-bond acceptors (Lipinski definition) is 4. The summed E-state index contributed by atoms with van der Waals surface area (Å²) in [5.74, 6) is 1.73. The van der Waals surface area contributed by atoms with E-state index in [0.717, 1.165) is 24.1 Å². The lowest BCUT2D eigenvalue weighted by molar-refractivity contribution is 0.302. The monoisotopic (exact) mass is 193 g/mol. The molecule has 1 aromatic rings. The fraction of sp³-hybridized carbons (Fsp3) is 0.778. The summed E-state index contributed by atoms with van der Waals surface area (Å²) in [6.45, 7) is 5.76. The lowest BCUT2D eigenvalue weighted by atomic mass is 10.0. The fourth-order valence-electron chi connectivity index (χ4n) is 2.61. The Labute approximate surface area is 82.9 Å². The number of rotatable bonds is 2. The fourth-order valence-corrected chi connectivity index (χ4v) is 2.61. The standard InChI is InChI=1S/C9H15N5/c1-7-4-14(5-8(7)2-10-1)6-9-3-11-13-12-9/h3,7-8,10H,1-2,4-6H2,(H,11,12,13)/t7-,8+. The number of fused-ring (bicyclic) bond motifs is 1. The normalized spacial score (nSPS) is 32.3. The minimum Gasteiger partial charge on any atom is -0.316 e. The number of H-pyrrole nitrogens is 1. The van der Waals surface area contributed by atoms with Crippen LogP contribution in [0.15, 0.2) is 6.20 Å². The van der Waals surface area contributed by atoms with Crippen LogP contribution >= 0.6 is 0 Å². The van der Waals surface area contributed by atoms with Gasteiger partial charge in [-0.05, 0) is 24.9 Å². The molecule has 0 aliphatic carbocycles. The Morgan fingerprint density at radius 3 is 2.79 bits per heavy atom. The number of aromatic nitrogens is 3. The highest BCUT2D eigenvalue weighted by Gasteiger charge is 2.35. The molecule has 76 valence electrons. The van der Waals surface area contributed by atoms with E-state index in [0.29, 0.717) is 0 Å². The smallest absolute Gasteiger partial charge is 0.0964 e. The summed E-state index contributed by atoms with van der Waals surface area (Å²) in [6.07, 6.45) is 1.81. The molecule has 2 aliphatic rings. The molecule has 2 atom stereocenters. The van der Waals surface area contributed by atoms with Crippen molar-refractivity contribution in [3.63, 3.8) is 0 Å². The Morgan fingerprint density at radius 1 is 1.36 bits per heavy atom. The molecule has 5 heteroatoms. The second kappa shape index (κ2) is 3.33. The van der Waals surface area contributed by atoms with Crippen molar-refractivity contribution in [1.29, 1.82) is 0 Å². The summed E-state index contributed by atoms with van der Waals surface area (Å²) < 4.78 is 0. The van der Waals surface area contributed by atoms with Crippen molar-refractivity contribution in [2.45, 2.75) is 6.54 Å². The van der Waals surface area contributed by atoms with Crippen LogP contribution in [0.5, 0.6) is 0 Å². The van der Waals surface area contributed by atoms with Crippen LogP contribution in [0.25, 0.3) is 0 Å². The number of nitrogens with zero attached hydrogens (tertiary/aromatic N) is 3. The first-order valence-electron chi connectivity index (χ1n) is 5.19. The van der Waals surface area contributed by atoms with Gasteiger partial charge in [0.25, 0.3) is 0 Å². The number of likely N-dealkylation sites (tertiary alicyclic amines) is 1. The maximum absolute atomic E-state index is 4.08. The Bertz CT molecular complexity index is 284. The topological polar surface area (TPSA) is 56.8 Å². The van der Waals surface area contributed by atoms with Gasteiger partial charge in [0.1, 0.15) is 0 Å². The van der Waals surface area contributed by atoms with E-state index >= 15 is 0 Å². The zero-order valence-electron chi connectivity index (χ0n) is 8.11. The van der Waals surface area contributed by atoms with Gasteiger partial charge in [-0.15, -0.1) is 0 Å². The maximum Gasteiger partial charge on any atom is 0.0964 e. The van der Waals surface area contributed by atoms with Crippen molar-refractivity contribution < 1.29 is 0 Å². The van der Waals surface area contributed by atoms with Gasteiger partial charge in [0.2, 0.25) is 0 Å². The van der Waals surface area contributed by atoms with Crippen LogP contribution in [0.1, 0.15) is 5.69 Å². The summed E-state index contributed by atoms with van der Waals surface area (Å²) in [5, 5.41) is 14.0. The van der Waals surface area contributed by atoms with Crippen molar-refractivity contribution in [2.24, 2.45) is 11.8 Å². The molecule has 0 radical (unpaired) electrons. The number of nitrogens with one attached hydrogen (secondary N) is 2. The van der Waals surface area contributed by atoms with Crippen molar-refractivity contribution in [3.8, 4) is 0 Å². The van der Waals surface area contributed by atoms with Crippen molar-refractivity contribution in [1.82, 2.24) is 25.6 Å². The van der Waals surface area contributed by atoms with Crippen LogP contribution in [0.2, 0.25) is 0 Å². The van der Waals surface area contributed by atoms with E-state index in [2.05, 4.69) is 25.6 Å². The lowest BCUT2D eigenvalue weighted by Crippen LogP contribution is -2.25. The third kappa shape index (κ3) is 1.42. The summed E-state index contributed by atoms with van der Waals surface area (Å²) in [5.41, 5.74) is 1.05. The summed E-state index contributed by atoms with van der Waals surface area (Å²) in [6, 6.07) is 0. The van der Waals surface area contributed by atoms with Gasteiger partial charge in [-0.2, -0.15) is 15.4 Å². The molecule has 14 heavy (non-hydrogen) atoms. The maximum atomic E-state index is 4.08. The molecule has 0 spiro atoms. The predicted octanol–water partition coefficient (Wildman–Crippen LogP) is -0.544. The molecule has 2 N–H and O–H groups in total. The third-order valence-electron chi connectivity index (χ3n) is 3.32. The Kier molecular flexibility index (Phi) is 1.99. The van der Waals surface area contributed by atoms with Crippen LogP contribution in [0, 0.1) is 11.8 Å². The SMILES string of the molecule is c1n[nH]nc1CN1C[C@H]2CNC[C@H]2C1. The quantitative estimate of drug-likeness (QED) is 0.662. The van der Waals surface area contributed by atoms with Crippen molar-refractivity contribution in [2.75, 3.05) is 26.2 Å². The van der Waals surface area contributed by atoms with E-state index in [1.165, 1.54) is 26.2 Å². The van der Waals surface area contributed by atoms with Gasteiger partial charge in [0.05, 0.1) is 11.9 Å². The molecular formula is C9H15N5. The van der Waals surface area contributed by atoms with Gasteiger partial charge < -0.3 is 5.32 Å². The molecule has 2 aliphatic heterocycles. The molecule has 1 aromatic heterocycles. The van der Waals surface area contributed by atoms with E-state index in [4.69, 9.17) is 0 Å². The van der Waals surface area contributed by atoms with Crippen molar-refractivity contribution >= 4 is 0 Å². The average molecular weight is 193 g/mol. The zero-order chi connectivity index (χ0) is 9.38. The highest BCUT2D eigenvalue weighted by Crippen LogP contribution is 2.26. The molecule has 2 saturated heterocycles. The minimum absolute atomic E-state index is 0.863. The van der Waals surface area contributed by atoms with Crippen LogP contribution in [-0.4, -0.2) is 46.5 Å². The Balaban J connectivity index is 1.61. The molecule has 0 saturated carbocycles. The first-order valence-corrected chi connectivity index (χ1v) is 5.19. The third-order valence-corrected chi connectivity index (χ3v) is 3.32. The molecule has 0 amide bonds. The summed E-state index contributed by atoms with van der Waals surface area (Å²) in [4.78, 5) is 2.48. The Morgan fingerprint density at radius 2 is 2.14 bits per heavy atom. The highest BCUT2D eigenvalue weighted by molar-refractivity contribution is 4.96. The molecule has 2 fully saturated rings. The first kappa shape index (κ1) is 8.38. The van der Waals surface area contributed by atoms with Crippen LogP contribution in [0.4, 0.5) is 0 Å². The van der Waals surface area contributed by atoms with Crippen LogP contribution in [-0.2, 0) is 6.54 Å². The van der Waals surface area contributed by atoms with Gasteiger partial charge in [-0.25, -0.2) is 0 Å². The van der Waals surface area contributed by atoms with Gasteiger partial charge in [-0.3, -0.25) is 4.90 Å². The first-order chi connectivity index (χ1) is 6.92. The highest BCUT2D eigenvalue weighted by atomic mass is 15.3. The molecule has 0 unspecified atom stereocenters. The molecule has 3 rings (SSSR count). The van der Waals surface area contributed by atoms with Crippen LogP contribution < -0.4 is 5.32 Å². The zero-order valence-corrected chi connectivity index (χ0v) is 8.11. The van der Waals surface area contributed by atoms with E-state index in [-0.39, 0.29) is 0 Å². The van der Waals surface area contributed by atoms with E-state index in [1.54, 1.807) is 0 Å².